The Hall–Kier alpha value is -1.71. The Morgan fingerprint density at radius 1 is 1.29 bits per heavy atom. The van der Waals surface area contributed by atoms with Crippen molar-refractivity contribution in [2.75, 3.05) is 5.32 Å². The maximum Gasteiger partial charge on any atom is 0.407 e. The summed E-state index contributed by atoms with van der Waals surface area (Å²) in [5, 5.41) is 6.53. The maximum atomic E-state index is 11.9. The summed E-state index contributed by atoms with van der Waals surface area (Å²) in [6, 6.07) is 8.67. The van der Waals surface area contributed by atoms with Gasteiger partial charge in [0.05, 0.1) is 0 Å². The molecule has 4 heteroatoms. The van der Waals surface area contributed by atoms with Crippen molar-refractivity contribution in [3.05, 3.63) is 29.8 Å². The Kier molecular flexibility index (Phi) is 5.79. The van der Waals surface area contributed by atoms with Gasteiger partial charge in [-0.2, -0.15) is 0 Å². The third-order valence-electron chi connectivity index (χ3n) is 4.40. The number of ether oxygens (including phenoxy) is 1. The SMILES string of the molecule is CC1(C)CCCC(Nc2ccccc2CNC(=O)OC(C)(C)C)C1. The van der Waals surface area contributed by atoms with Crippen LogP contribution in [0.4, 0.5) is 10.5 Å². The molecule has 1 amide bonds. The Morgan fingerprint density at radius 3 is 2.67 bits per heavy atom. The number of hydrogen-bond donors (Lipinski definition) is 2. The van der Waals surface area contributed by atoms with Crippen molar-refractivity contribution in [3.63, 3.8) is 0 Å². The van der Waals surface area contributed by atoms with E-state index >= 15 is 0 Å². The predicted octanol–water partition coefficient (Wildman–Crippen LogP) is 5.09. The van der Waals surface area contributed by atoms with Crippen molar-refractivity contribution in [2.24, 2.45) is 5.41 Å². The van der Waals surface area contributed by atoms with Crippen LogP contribution in [0, 0.1) is 5.41 Å². The van der Waals surface area contributed by atoms with Gasteiger partial charge in [-0.25, -0.2) is 4.79 Å². The van der Waals surface area contributed by atoms with Crippen molar-refractivity contribution in [1.29, 1.82) is 0 Å². The van der Waals surface area contributed by atoms with Gasteiger partial charge in [0.15, 0.2) is 0 Å². The predicted molar refractivity (Wildman–Crippen MR) is 99.2 cm³/mol. The summed E-state index contributed by atoms with van der Waals surface area (Å²) in [6.07, 6.45) is 4.57. The van der Waals surface area contributed by atoms with E-state index in [2.05, 4.69) is 30.5 Å². The van der Waals surface area contributed by atoms with E-state index in [0.29, 0.717) is 18.0 Å². The van der Waals surface area contributed by atoms with Crippen LogP contribution in [0.2, 0.25) is 0 Å². The van der Waals surface area contributed by atoms with Crippen LogP contribution in [0.1, 0.15) is 65.9 Å². The first-order valence-electron chi connectivity index (χ1n) is 8.96. The number of rotatable bonds is 4. The normalized spacial score (nSPS) is 20.3. The summed E-state index contributed by atoms with van der Waals surface area (Å²) in [7, 11) is 0. The number of hydrogen-bond acceptors (Lipinski definition) is 3. The molecule has 2 rings (SSSR count). The van der Waals surface area contributed by atoms with E-state index in [4.69, 9.17) is 4.74 Å². The minimum atomic E-state index is -0.477. The fourth-order valence-corrected chi connectivity index (χ4v) is 3.34. The van der Waals surface area contributed by atoms with Gasteiger partial charge in [0.2, 0.25) is 0 Å². The molecule has 1 fully saturated rings. The highest BCUT2D eigenvalue weighted by atomic mass is 16.6. The molecule has 0 aliphatic heterocycles. The largest absolute Gasteiger partial charge is 0.444 e. The summed E-state index contributed by atoms with van der Waals surface area (Å²) in [4.78, 5) is 11.9. The second-order valence-corrected chi connectivity index (χ2v) is 8.61. The van der Waals surface area contributed by atoms with Crippen LogP contribution in [-0.4, -0.2) is 17.7 Å². The van der Waals surface area contributed by atoms with E-state index in [0.717, 1.165) is 11.3 Å². The number of anilines is 1. The average molecular weight is 332 g/mol. The number of para-hydroxylation sites is 1. The zero-order chi connectivity index (χ0) is 17.8. The first-order chi connectivity index (χ1) is 11.1. The van der Waals surface area contributed by atoms with Gasteiger partial charge >= 0.3 is 6.09 Å². The van der Waals surface area contributed by atoms with Crippen LogP contribution in [-0.2, 0) is 11.3 Å². The molecule has 1 aromatic rings. The van der Waals surface area contributed by atoms with Gasteiger partial charge in [0.1, 0.15) is 5.60 Å². The quantitative estimate of drug-likeness (QED) is 0.807. The zero-order valence-electron chi connectivity index (χ0n) is 15.7. The summed E-state index contributed by atoms with van der Waals surface area (Å²) in [5.41, 5.74) is 2.12. The lowest BCUT2D eigenvalue weighted by Gasteiger charge is -2.36. The number of benzene rings is 1. The van der Waals surface area contributed by atoms with Crippen LogP contribution in [0.25, 0.3) is 0 Å². The average Bonchev–Trinajstić information content (AvgIpc) is 2.43. The van der Waals surface area contributed by atoms with Crippen molar-refractivity contribution >= 4 is 11.8 Å². The van der Waals surface area contributed by atoms with Gasteiger partial charge in [-0.3, -0.25) is 0 Å². The topological polar surface area (TPSA) is 50.4 Å². The number of carbonyl (C=O) groups excluding carboxylic acids is 1. The minimum absolute atomic E-state index is 0.379. The minimum Gasteiger partial charge on any atom is -0.444 e. The Labute approximate surface area is 146 Å². The number of carbonyl (C=O) groups is 1. The molecule has 24 heavy (non-hydrogen) atoms. The standard InChI is InChI=1S/C20H32N2O2/c1-19(2,3)24-18(23)21-14-15-9-6-7-11-17(15)22-16-10-8-12-20(4,5)13-16/h6-7,9,11,16,22H,8,10,12-14H2,1-5H3,(H,21,23). The van der Waals surface area contributed by atoms with E-state index in [-0.39, 0.29) is 6.09 Å². The van der Waals surface area contributed by atoms with Crippen LogP contribution >= 0.6 is 0 Å². The van der Waals surface area contributed by atoms with Gasteiger partial charge in [-0.15, -0.1) is 0 Å². The van der Waals surface area contributed by atoms with Gasteiger partial charge in [-0.05, 0) is 57.1 Å². The van der Waals surface area contributed by atoms with Crippen molar-refractivity contribution < 1.29 is 9.53 Å². The Balaban J connectivity index is 1.96. The molecule has 1 aliphatic rings. The lowest BCUT2D eigenvalue weighted by Crippen LogP contribution is -2.33. The molecular weight excluding hydrogens is 300 g/mol. The van der Waals surface area contributed by atoms with Gasteiger partial charge in [-0.1, -0.05) is 38.5 Å². The zero-order valence-corrected chi connectivity index (χ0v) is 15.7. The molecule has 1 unspecified atom stereocenters. The maximum absolute atomic E-state index is 11.9. The third kappa shape index (κ3) is 6.06. The molecule has 0 radical (unpaired) electrons. The molecule has 134 valence electrons. The fourth-order valence-electron chi connectivity index (χ4n) is 3.34. The Morgan fingerprint density at radius 2 is 2.00 bits per heavy atom. The summed E-state index contributed by atoms with van der Waals surface area (Å²) in [6.45, 7) is 10.8. The van der Waals surface area contributed by atoms with Gasteiger partial charge in [0, 0.05) is 18.3 Å². The van der Waals surface area contributed by atoms with Crippen LogP contribution in [0.15, 0.2) is 24.3 Å². The Bertz CT molecular complexity index is 561. The van der Waals surface area contributed by atoms with Crippen molar-refractivity contribution in [3.8, 4) is 0 Å². The molecule has 1 aliphatic carbocycles. The molecule has 0 heterocycles. The molecule has 0 aromatic heterocycles. The second-order valence-electron chi connectivity index (χ2n) is 8.61. The van der Waals surface area contributed by atoms with E-state index in [1.165, 1.54) is 25.7 Å². The number of nitrogens with one attached hydrogen (secondary N) is 2. The third-order valence-corrected chi connectivity index (χ3v) is 4.40. The first-order valence-corrected chi connectivity index (χ1v) is 8.96. The van der Waals surface area contributed by atoms with Crippen LogP contribution in [0.3, 0.4) is 0 Å². The second kappa shape index (κ2) is 7.45. The molecule has 4 nitrogen and oxygen atoms in total. The highest BCUT2D eigenvalue weighted by Crippen LogP contribution is 2.36. The van der Waals surface area contributed by atoms with Gasteiger partial charge < -0.3 is 15.4 Å². The molecule has 1 aromatic carbocycles. The van der Waals surface area contributed by atoms with Crippen LogP contribution < -0.4 is 10.6 Å². The lowest BCUT2D eigenvalue weighted by molar-refractivity contribution is 0.0523. The smallest absolute Gasteiger partial charge is 0.407 e. The fraction of sp³-hybridized carbons (Fsp3) is 0.650. The molecule has 1 atom stereocenters. The van der Waals surface area contributed by atoms with Crippen LogP contribution in [0.5, 0.6) is 0 Å². The summed E-state index contributed by atoms with van der Waals surface area (Å²) >= 11 is 0. The van der Waals surface area contributed by atoms with Gasteiger partial charge in [0.25, 0.3) is 0 Å². The monoisotopic (exact) mass is 332 g/mol. The van der Waals surface area contributed by atoms with E-state index in [1.54, 1.807) is 0 Å². The first kappa shape index (κ1) is 18.6. The number of alkyl carbamates (subject to hydrolysis) is 1. The molecule has 0 saturated heterocycles. The van der Waals surface area contributed by atoms with E-state index in [9.17, 15) is 4.79 Å². The molecule has 0 spiro atoms. The molecule has 1 saturated carbocycles. The summed E-state index contributed by atoms with van der Waals surface area (Å²) < 4.78 is 5.31. The van der Waals surface area contributed by atoms with Crippen molar-refractivity contribution in [1.82, 2.24) is 5.32 Å². The van der Waals surface area contributed by atoms with E-state index in [1.807, 2.05) is 39.0 Å². The van der Waals surface area contributed by atoms with E-state index < -0.39 is 5.60 Å². The summed E-state index contributed by atoms with van der Waals surface area (Å²) in [5.74, 6) is 0. The molecule has 0 bridgehead atoms. The molecule has 2 N–H and O–H groups in total. The number of amides is 1. The lowest BCUT2D eigenvalue weighted by atomic mass is 9.75. The molecular formula is C20H32N2O2. The van der Waals surface area contributed by atoms with Crippen molar-refractivity contribution in [2.45, 2.75) is 78.5 Å². The highest BCUT2D eigenvalue weighted by Gasteiger charge is 2.28. The highest BCUT2D eigenvalue weighted by molar-refractivity contribution is 5.68.